The molecular weight excluding hydrogens is 292 g/mol. The normalized spacial score (nSPS) is 13.0. The van der Waals surface area contributed by atoms with Crippen LogP contribution in [0.5, 0.6) is 0 Å². The first-order valence-electron chi connectivity index (χ1n) is 7.36. The summed E-state index contributed by atoms with van der Waals surface area (Å²) >= 11 is 0. The van der Waals surface area contributed by atoms with Crippen LogP contribution in [0.4, 0.5) is 0 Å². The maximum absolute atomic E-state index is 11.2. The molecule has 0 aliphatic rings. The van der Waals surface area contributed by atoms with Crippen LogP contribution in [0.15, 0.2) is 12.2 Å². The highest BCUT2D eigenvalue weighted by atomic mass is 28.4. The van der Waals surface area contributed by atoms with Gasteiger partial charge in [-0.2, -0.15) is 0 Å². The second kappa shape index (κ2) is 10.9. The molecule has 0 rings (SSSR count). The van der Waals surface area contributed by atoms with Crippen LogP contribution in [-0.4, -0.2) is 52.0 Å². The first-order valence-corrected chi connectivity index (χ1v) is 9.16. The SMILES string of the molecule is C=C(C)C(=O)OCCCC(O)[Si](OCC)(OCC)OCC. The van der Waals surface area contributed by atoms with E-state index in [-0.39, 0.29) is 6.61 Å². The van der Waals surface area contributed by atoms with Gasteiger partial charge in [-0.25, -0.2) is 4.79 Å². The number of carbonyl (C=O) groups is 1. The van der Waals surface area contributed by atoms with Crippen molar-refractivity contribution in [3.63, 3.8) is 0 Å². The highest BCUT2D eigenvalue weighted by Crippen LogP contribution is 2.19. The molecule has 0 radical (unpaired) electrons. The van der Waals surface area contributed by atoms with Gasteiger partial charge >= 0.3 is 14.8 Å². The lowest BCUT2D eigenvalue weighted by molar-refractivity contribution is -0.139. The van der Waals surface area contributed by atoms with Crippen molar-refractivity contribution in [1.82, 2.24) is 0 Å². The van der Waals surface area contributed by atoms with Crippen molar-refractivity contribution in [1.29, 1.82) is 0 Å². The van der Waals surface area contributed by atoms with Gasteiger partial charge in [0, 0.05) is 25.4 Å². The Balaban J connectivity index is 4.42. The smallest absolute Gasteiger partial charge is 0.462 e. The predicted molar refractivity (Wildman–Crippen MR) is 81.6 cm³/mol. The molecule has 0 aromatic heterocycles. The molecule has 0 aliphatic heterocycles. The predicted octanol–water partition coefficient (Wildman–Crippen LogP) is 1.83. The summed E-state index contributed by atoms with van der Waals surface area (Å²) in [6.07, 6.45) is 0.887. The number of hydrogen-bond donors (Lipinski definition) is 1. The Morgan fingerprint density at radius 1 is 1.14 bits per heavy atom. The highest BCUT2D eigenvalue weighted by molar-refractivity contribution is 6.62. The lowest BCUT2D eigenvalue weighted by Crippen LogP contribution is -2.56. The van der Waals surface area contributed by atoms with Gasteiger partial charge in [-0.1, -0.05) is 6.58 Å². The van der Waals surface area contributed by atoms with E-state index in [1.165, 1.54) is 0 Å². The molecule has 1 atom stereocenters. The van der Waals surface area contributed by atoms with E-state index >= 15 is 0 Å². The van der Waals surface area contributed by atoms with Crippen LogP contribution < -0.4 is 0 Å². The molecule has 1 N–H and O–H groups in total. The fourth-order valence-electron chi connectivity index (χ4n) is 1.76. The minimum atomic E-state index is -3.10. The minimum absolute atomic E-state index is 0.220. The Hall–Kier alpha value is -0.733. The molecule has 0 heterocycles. The molecule has 124 valence electrons. The molecule has 0 saturated heterocycles. The van der Waals surface area contributed by atoms with Gasteiger partial charge in [-0.15, -0.1) is 0 Å². The molecule has 0 spiro atoms. The van der Waals surface area contributed by atoms with Gasteiger partial charge in [0.1, 0.15) is 5.73 Å². The third-order valence-corrected chi connectivity index (χ3v) is 5.83. The number of aliphatic hydroxyl groups excluding tert-OH is 1. The van der Waals surface area contributed by atoms with Crippen LogP contribution >= 0.6 is 0 Å². The Morgan fingerprint density at radius 3 is 2.00 bits per heavy atom. The molecule has 7 heteroatoms. The summed E-state index contributed by atoms with van der Waals surface area (Å²) in [4.78, 5) is 11.2. The van der Waals surface area contributed by atoms with Crippen molar-refractivity contribution in [3.8, 4) is 0 Å². The molecule has 0 aromatic rings. The van der Waals surface area contributed by atoms with E-state index in [1.807, 2.05) is 20.8 Å². The van der Waals surface area contributed by atoms with E-state index in [0.717, 1.165) is 0 Å². The van der Waals surface area contributed by atoms with Gasteiger partial charge in [-0.05, 0) is 40.5 Å². The molecule has 0 fully saturated rings. The van der Waals surface area contributed by atoms with Crippen LogP contribution in [0.3, 0.4) is 0 Å². The summed E-state index contributed by atoms with van der Waals surface area (Å²) in [6, 6.07) is 0. The number of carbonyl (C=O) groups excluding carboxylic acids is 1. The fourth-order valence-corrected chi connectivity index (χ4v) is 4.35. The van der Waals surface area contributed by atoms with E-state index in [1.54, 1.807) is 6.92 Å². The van der Waals surface area contributed by atoms with Crippen molar-refractivity contribution >= 4 is 14.8 Å². The quantitative estimate of drug-likeness (QED) is 0.256. The summed E-state index contributed by atoms with van der Waals surface area (Å²) in [7, 11) is -3.10. The Kier molecular flexibility index (Phi) is 10.5. The third-order valence-electron chi connectivity index (χ3n) is 2.65. The average Bonchev–Trinajstić information content (AvgIpc) is 2.43. The van der Waals surface area contributed by atoms with Gasteiger partial charge in [0.05, 0.1) is 6.61 Å². The summed E-state index contributed by atoms with van der Waals surface area (Å²) in [5, 5.41) is 10.4. The molecule has 1 unspecified atom stereocenters. The summed E-state index contributed by atoms with van der Waals surface area (Å²) < 4.78 is 21.8. The maximum Gasteiger partial charge on any atom is 0.531 e. The largest absolute Gasteiger partial charge is 0.531 e. The van der Waals surface area contributed by atoms with Crippen molar-refractivity contribution in [3.05, 3.63) is 12.2 Å². The highest BCUT2D eigenvalue weighted by Gasteiger charge is 2.48. The minimum Gasteiger partial charge on any atom is -0.462 e. The summed E-state index contributed by atoms with van der Waals surface area (Å²) in [5.41, 5.74) is -0.474. The number of esters is 1. The van der Waals surface area contributed by atoms with Crippen LogP contribution in [0.1, 0.15) is 40.5 Å². The van der Waals surface area contributed by atoms with Gasteiger partial charge in [0.25, 0.3) is 0 Å². The van der Waals surface area contributed by atoms with Crippen LogP contribution in [0, 0.1) is 0 Å². The fraction of sp³-hybridized carbons (Fsp3) is 0.786. The van der Waals surface area contributed by atoms with Gasteiger partial charge < -0.3 is 23.1 Å². The lowest BCUT2D eigenvalue weighted by Gasteiger charge is -2.32. The standard InChI is InChI=1S/C14H28O6Si/c1-6-18-21(19-7-2,20-8-3)13(15)10-9-11-17-14(16)12(4)5/h13,15H,4,6-11H2,1-3,5H3. The Labute approximate surface area is 128 Å². The molecule has 0 bridgehead atoms. The van der Waals surface area contributed by atoms with Gasteiger partial charge in [0.15, 0.2) is 0 Å². The van der Waals surface area contributed by atoms with Crippen LogP contribution in [0.25, 0.3) is 0 Å². The topological polar surface area (TPSA) is 74.2 Å². The van der Waals surface area contributed by atoms with Gasteiger partial charge in [-0.3, -0.25) is 0 Å². The summed E-state index contributed by atoms with van der Waals surface area (Å²) in [6.45, 7) is 12.1. The van der Waals surface area contributed by atoms with Crippen LogP contribution in [-0.2, 0) is 22.8 Å². The second-order valence-corrected chi connectivity index (χ2v) is 7.22. The van der Waals surface area contributed by atoms with Crippen molar-refractivity contribution in [2.75, 3.05) is 26.4 Å². The maximum atomic E-state index is 11.2. The Bertz CT molecular complexity index is 304. The van der Waals surface area contributed by atoms with E-state index < -0.39 is 20.5 Å². The lowest BCUT2D eigenvalue weighted by atomic mass is 10.3. The zero-order valence-corrected chi connectivity index (χ0v) is 14.5. The molecule has 0 aliphatic carbocycles. The number of ether oxygens (including phenoxy) is 1. The first-order chi connectivity index (χ1) is 9.93. The monoisotopic (exact) mass is 320 g/mol. The van der Waals surface area contributed by atoms with Crippen LogP contribution in [0.2, 0.25) is 0 Å². The number of hydrogen-bond acceptors (Lipinski definition) is 6. The van der Waals surface area contributed by atoms with E-state index in [2.05, 4.69) is 6.58 Å². The molecular formula is C14H28O6Si. The first kappa shape index (κ1) is 20.3. The molecule has 0 amide bonds. The van der Waals surface area contributed by atoms with E-state index in [9.17, 15) is 9.90 Å². The van der Waals surface area contributed by atoms with Gasteiger partial charge in [0.2, 0.25) is 0 Å². The van der Waals surface area contributed by atoms with Crippen molar-refractivity contribution < 1.29 is 27.9 Å². The van der Waals surface area contributed by atoms with Crippen molar-refractivity contribution in [2.45, 2.75) is 46.3 Å². The molecule has 0 aromatic carbocycles. The molecule has 21 heavy (non-hydrogen) atoms. The molecule has 0 saturated carbocycles. The third kappa shape index (κ3) is 7.19. The number of aliphatic hydroxyl groups is 1. The Morgan fingerprint density at radius 2 is 1.62 bits per heavy atom. The molecule has 6 nitrogen and oxygen atoms in total. The zero-order chi connectivity index (χ0) is 16.3. The zero-order valence-electron chi connectivity index (χ0n) is 13.5. The second-order valence-electron chi connectivity index (χ2n) is 4.48. The number of rotatable bonds is 12. The van der Waals surface area contributed by atoms with E-state index in [0.29, 0.717) is 38.2 Å². The summed E-state index contributed by atoms with van der Waals surface area (Å²) in [5.74, 6) is -0.424. The van der Waals surface area contributed by atoms with E-state index in [4.69, 9.17) is 18.0 Å². The average molecular weight is 320 g/mol. The van der Waals surface area contributed by atoms with Crippen molar-refractivity contribution in [2.24, 2.45) is 0 Å².